The number of hydrogen-bond acceptors (Lipinski definition) is 2. The Morgan fingerprint density at radius 2 is 1.57 bits per heavy atom. The van der Waals surface area contributed by atoms with Gasteiger partial charge in [0, 0.05) is 18.3 Å². The van der Waals surface area contributed by atoms with Crippen LogP contribution < -0.4 is 10.2 Å². The van der Waals surface area contributed by atoms with E-state index in [-0.39, 0.29) is 18.4 Å². The lowest BCUT2D eigenvalue weighted by Gasteiger charge is -2.21. The van der Waals surface area contributed by atoms with Crippen LogP contribution in [0.15, 0.2) is 42.5 Å². The van der Waals surface area contributed by atoms with Gasteiger partial charge in [-0.2, -0.15) is 0 Å². The second-order valence-electron chi connectivity index (χ2n) is 5.81. The molecule has 2 aromatic carbocycles. The Morgan fingerprint density at radius 3 is 2.17 bits per heavy atom. The van der Waals surface area contributed by atoms with E-state index >= 15 is 0 Å². The summed E-state index contributed by atoms with van der Waals surface area (Å²) in [4.78, 5) is 25.7. The van der Waals surface area contributed by atoms with Crippen LogP contribution in [-0.2, 0) is 9.59 Å². The molecule has 0 aromatic heterocycles. The molecular formula is C19H22N2O2. The third kappa shape index (κ3) is 4.42. The van der Waals surface area contributed by atoms with E-state index in [9.17, 15) is 9.59 Å². The molecule has 2 amide bonds. The Morgan fingerprint density at radius 1 is 0.957 bits per heavy atom. The van der Waals surface area contributed by atoms with Crippen LogP contribution in [0.25, 0.3) is 0 Å². The van der Waals surface area contributed by atoms with E-state index in [0.29, 0.717) is 0 Å². The third-order valence-electron chi connectivity index (χ3n) is 3.69. The van der Waals surface area contributed by atoms with Crippen LogP contribution >= 0.6 is 0 Å². The zero-order valence-electron chi connectivity index (χ0n) is 14.0. The van der Waals surface area contributed by atoms with E-state index in [0.717, 1.165) is 28.1 Å². The van der Waals surface area contributed by atoms with Gasteiger partial charge in [-0.1, -0.05) is 29.8 Å². The Bertz CT molecular complexity index is 721. The van der Waals surface area contributed by atoms with Crippen LogP contribution in [0.3, 0.4) is 0 Å². The van der Waals surface area contributed by atoms with Crippen molar-refractivity contribution in [3.63, 3.8) is 0 Å². The number of benzene rings is 2. The van der Waals surface area contributed by atoms with Gasteiger partial charge in [0.1, 0.15) is 6.54 Å². The maximum atomic E-state index is 12.3. The maximum Gasteiger partial charge on any atom is 0.244 e. The Kier molecular flexibility index (Phi) is 5.16. The summed E-state index contributed by atoms with van der Waals surface area (Å²) in [6.07, 6.45) is 0. The van der Waals surface area contributed by atoms with Crippen molar-refractivity contribution in [1.29, 1.82) is 0 Å². The molecule has 23 heavy (non-hydrogen) atoms. The third-order valence-corrected chi connectivity index (χ3v) is 3.69. The molecule has 120 valence electrons. The van der Waals surface area contributed by atoms with Gasteiger partial charge in [-0.3, -0.25) is 9.59 Å². The van der Waals surface area contributed by atoms with Crippen molar-refractivity contribution in [3.05, 3.63) is 59.2 Å². The Labute approximate surface area is 137 Å². The quantitative estimate of drug-likeness (QED) is 0.938. The van der Waals surface area contributed by atoms with Gasteiger partial charge in [0.05, 0.1) is 0 Å². The number of hydrogen-bond donors (Lipinski definition) is 1. The van der Waals surface area contributed by atoms with Crippen molar-refractivity contribution in [2.24, 2.45) is 0 Å². The van der Waals surface area contributed by atoms with E-state index in [2.05, 4.69) is 5.32 Å². The van der Waals surface area contributed by atoms with Gasteiger partial charge >= 0.3 is 0 Å². The Balaban J connectivity index is 2.14. The lowest BCUT2D eigenvalue weighted by molar-refractivity contribution is -0.120. The molecule has 0 unspecified atom stereocenters. The van der Waals surface area contributed by atoms with E-state index in [1.807, 2.05) is 63.2 Å². The number of nitrogens with one attached hydrogen (secondary N) is 1. The molecule has 0 aliphatic carbocycles. The van der Waals surface area contributed by atoms with Crippen LogP contribution in [0, 0.1) is 20.8 Å². The van der Waals surface area contributed by atoms with Crippen LogP contribution in [0.1, 0.15) is 23.6 Å². The Hall–Kier alpha value is -2.62. The fraction of sp³-hybridized carbons (Fsp3) is 0.263. The highest BCUT2D eigenvalue weighted by molar-refractivity contribution is 6.02. The summed E-state index contributed by atoms with van der Waals surface area (Å²) in [5.41, 5.74) is 4.68. The highest BCUT2D eigenvalue weighted by Crippen LogP contribution is 2.18. The summed E-state index contributed by atoms with van der Waals surface area (Å²) in [6.45, 7) is 7.35. The van der Waals surface area contributed by atoms with Crippen LogP contribution in [0.5, 0.6) is 0 Å². The summed E-state index contributed by atoms with van der Waals surface area (Å²) < 4.78 is 0. The second kappa shape index (κ2) is 7.09. The van der Waals surface area contributed by atoms with Gasteiger partial charge in [0.15, 0.2) is 0 Å². The second-order valence-corrected chi connectivity index (χ2v) is 5.81. The van der Waals surface area contributed by atoms with Crippen molar-refractivity contribution >= 4 is 23.2 Å². The zero-order chi connectivity index (χ0) is 17.0. The van der Waals surface area contributed by atoms with Crippen LogP contribution in [-0.4, -0.2) is 18.4 Å². The molecule has 0 radical (unpaired) electrons. The van der Waals surface area contributed by atoms with E-state index in [4.69, 9.17) is 0 Å². The average molecular weight is 310 g/mol. The van der Waals surface area contributed by atoms with Crippen molar-refractivity contribution in [1.82, 2.24) is 0 Å². The monoisotopic (exact) mass is 310 g/mol. The summed E-state index contributed by atoms with van der Waals surface area (Å²) in [5, 5.41) is 2.88. The van der Waals surface area contributed by atoms with E-state index in [1.54, 1.807) is 0 Å². The topological polar surface area (TPSA) is 49.4 Å². The van der Waals surface area contributed by atoms with Crippen molar-refractivity contribution < 1.29 is 9.59 Å². The van der Waals surface area contributed by atoms with Gasteiger partial charge in [-0.25, -0.2) is 0 Å². The van der Waals surface area contributed by atoms with E-state index in [1.165, 1.54) is 11.8 Å². The first-order valence-corrected chi connectivity index (χ1v) is 7.58. The minimum Gasteiger partial charge on any atom is -0.324 e. The highest BCUT2D eigenvalue weighted by Gasteiger charge is 2.16. The highest BCUT2D eigenvalue weighted by atomic mass is 16.2. The number of rotatable bonds is 4. The molecule has 0 saturated heterocycles. The molecule has 2 aromatic rings. The fourth-order valence-corrected chi connectivity index (χ4v) is 2.31. The summed E-state index contributed by atoms with van der Waals surface area (Å²) in [5.74, 6) is -0.376. The number of anilines is 2. The molecule has 4 heteroatoms. The first-order chi connectivity index (χ1) is 10.9. The smallest absolute Gasteiger partial charge is 0.244 e. The molecule has 0 saturated carbocycles. The predicted molar refractivity (Wildman–Crippen MR) is 93.8 cm³/mol. The predicted octanol–water partition coefficient (Wildman–Crippen LogP) is 3.60. The molecule has 0 aliphatic rings. The van der Waals surface area contributed by atoms with Gasteiger partial charge in [-0.15, -0.1) is 0 Å². The van der Waals surface area contributed by atoms with Crippen LogP contribution in [0.4, 0.5) is 11.4 Å². The molecule has 0 bridgehead atoms. The SMILES string of the molecule is CC(=O)N(CC(=O)Nc1cc(C)ccc1C)c1ccc(C)cc1. The van der Waals surface area contributed by atoms with Gasteiger partial charge in [0.25, 0.3) is 0 Å². The molecule has 2 rings (SSSR count). The molecule has 0 fully saturated rings. The van der Waals surface area contributed by atoms with Gasteiger partial charge in [0.2, 0.25) is 11.8 Å². The van der Waals surface area contributed by atoms with Gasteiger partial charge < -0.3 is 10.2 Å². The summed E-state index contributed by atoms with van der Waals surface area (Å²) in [7, 11) is 0. The number of amides is 2. The largest absolute Gasteiger partial charge is 0.324 e. The number of carbonyl (C=O) groups excluding carboxylic acids is 2. The lowest BCUT2D eigenvalue weighted by atomic mass is 10.1. The first-order valence-electron chi connectivity index (χ1n) is 7.58. The number of aryl methyl sites for hydroxylation is 3. The molecule has 4 nitrogen and oxygen atoms in total. The molecule has 0 spiro atoms. The maximum absolute atomic E-state index is 12.3. The fourth-order valence-electron chi connectivity index (χ4n) is 2.31. The average Bonchev–Trinajstić information content (AvgIpc) is 2.49. The first kappa shape index (κ1) is 16.7. The summed E-state index contributed by atoms with van der Waals surface area (Å²) in [6, 6.07) is 13.4. The molecule has 0 atom stereocenters. The minimum atomic E-state index is -0.213. The molecule has 1 N–H and O–H groups in total. The summed E-state index contributed by atoms with van der Waals surface area (Å²) >= 11 is 0. The minimum absolute atomic E-state index is 0.00816. The van der Waals surface area contributed by atoms with E-state index < -0.39 is 0 Å². The molecule has 0 aliphatic heterocycles. The molecular weight excluding hydrogens is 288 g/mol. The van der Waals surface area contributed by atoms with Gasteiger partial charge in [-0.05, 0) is 50.1 Å². The van der Waals surface area contributed by atoms with Crippen LogP contribution in [0.2, 0.25) is 0 Å². The van der Waals surface area contributed by atoms with Crippen molar-refractivity contribution in [3.8, 4) is 0 Å². The normalized spacial score (nSPS) is 10.3. The number of nitrogens with zero attached hydrogens (tertiary/aromatic N) is 1. The van der Waals surface area contributed by atoms with Crippen molar-refractivity contribution in [2.45, 2.75) is 27.7 Å². The van der Waals surface area contributed by atoms with Crippen molar-refractivity contribution in [2.75, 3.05) is 16.8 Å². The lowest BCUT2D eigenvalue weighted by Crippen LogP contribution is -2.36. The zero-order valence-corrected chi connectivity index (χ0v) is 14.0. The standard InChI is InChI=1S/C19H22N2O2/c1-13-6-9-17(10-7-13)21(16(4)22)12-19(23)20-18-11-14(2)5-8-15(18)3/h5-11H,12H2,1-4H3,(H,20,23). The molecule has 0 heterocycles. The number of carbonyl (C=O) groups is 2.